The fraction of sp³-hybridized carbons (Fsp3) is 0.429. The molecule has 3 aromatic rings. The molecule has 1 aliphatic carbocycles. The van der Waals surface area contributed by atoms with Crippen LogP contribution in [0.3, 0.4) is 0 Å². The predicted octanol–water partition coefficient (Wildman–Crippen LogP) is 7.50. The van der Waals surface area contributed by atoms with Gasteiger partial charge in [0.25, 0.3) is 0 Å². The summed E-state index contributed by atoms with van der Waals surface area (Å²) in [4.78, 5) is 4.38. The highest BCUT2D eigenvalue weighted by atomic mass is 16.5. The lowest BCUT2D eigenvalue weighted by molar-refractivity contribution is 0.281. The summed E-state index contributed by atoms with van der Waals surface area (Å²) in [5.41, 5.74) is 6.59. The molecule has 0 spiro atoms. The van der Waals surface area contributed by atoms with Gasteiger partial charge in [0, 0.05) is 13.1 Å². The topological polar surface area (TPSA) is 24.9 Å². The quantitative estimate of drug-likeness (QED) is 0.160. The highest BCUT2D eigenvalue weighted by Gasteiger charge is 2.25. The van der Waals surface area contributed by atoms with E-state index in [0.29, 0.717) is 5.92 Å². The van der Waals surface area contributed by atoms with Crippen LogP contribution < -0.4 is 9.47 Å². The number of rotatable bonds is 14. The van der Waals surface area contributed by atoms with Crippen molar-refractivity contribution < 1.29 is 9.47 Å². The minimum absolute atomic E-state index is 0.561. The molecule has 0 bridgehead atoms. The Kier molecular flexibility index (Phi) is 11.1. The van der Waals surface area contributed by atoms with Gasteiger partial charge >= 0.3 is 0 Å². The predicted molar refractivity (Wildman–Crippen MR) is 165 cm³/mol. The summed E-state index contributed by atoms with van der Waals surface area (Å²) >= 11 is 0. The second-order valence-corrected chi connectivity index (χ2v) is 11.2. The Hall–Kier alpha value is -3.08. The average molecular weight is 527 g/mol. The van der Waals surface area contributed by atoms with Crippen LogP contribution in [0, 0.1) is 5.92 Å². The Morgan fingerprint density at radius 3 is 1.51 bits per heavy atom. The molecule has 0 aromatic heterocycles. The van der Waals surface area contributed by atoms with Gasteiger partial charge in [-0.2, -0.15) is 0 Å². The molecule has 39 heavy (non-hydrogen) atoms. The monoisotopic (exact) mass is 526 g/mol. The van der Waals surface area contributed by atoms with E-state index in [4.69, 9.17) is 9.47 Å². The summed E-state index contributed by atoms with van der Waals surface area (Å²) in [7, 11) is 8.39. The smallest absolute Gasteiger partial charge is 0.119 e. The zero-order valence-corrected chi connectivity index (χ0v) is 24.4. The van der Waals surface area contributed by atoms with E-state index in [2.05, 4.69) is 117 Å². The molecule has 0 N–H and O–H groups in total. The van der Waals surface area contributed by atoms with Gasteiger partial charge in [-0.15, -0.1) is 0 Å². The Labute approximate surface area is 236 Å². The zero-order chi connectivity index (χ0) is 27.5. The fourth-order valence-corrected chi connectivity index (χ4v) is 5.47. The number of hydrogen-bond acceptors (Lipinski definition) is 4. The summed E-state index contributed by atoms with van der Waals surface area (Å²) < 4.78 is 12.1. The minimum atomic E-state index is 0.561. The molecule has 0 saturated heterocycles. The van der Waals surface area contributed by atoms with E-state index in [-0.39, 0.29) is 0 Å². The Morgan fingerprint density at radius 1 is 0.615 bits per heavy atom. The largest absolute Gasteiger partial charge is 0.494 e. The fourth-order valence-electron chi connectivity index (χ4n) is 5.47. The van der Waals surface area contributed by atoms with Crippen LogP contribution in [0.1, 0.15) is 55.2 Å². The average Bonchev–Trinajstić information content (AvgIpc) is 3.48. The van der Waals surface area contributed by atoms with Crippen molar-refractivity contribution in [3.05, 3.63) is 95.6 Å². The number of benzene rings is 3. The third-order valence-corrected chi connectivity index (χ3v) is 7.44. The van der Waals surface area contributed by atoms with Crippen molar-refractivity contribution in [1.82, 2.24) is 9.80 Å². The summed E-state index contributed by atoms with van der Waals surface area (Å²) in [6, 6.07) is 28.5. The number of ether oxygens (including phenoxy) is 2. The third kappa shape index (κ3) is 8.71. The first-order valence-corrected chi connectivity index (χ1v) is 14.6. The molecule has 0 unspecified atom stereocenters. The van der Waals surface area contributed by atoms with E-state index in [0.717, 1.165) is 50.6 Å². The number of hydrogen-bond donors (Lipinski definition) is 0. The maximum Gasteiger partial charge on any atom is 0.119 e. The Bertz CT molecular complexity index is 1080. The third-order valence-electron chi connectivity index (χ3n) is 7.44. The molecule has 4 nitrogen and oxygen atoms in total. The minimum Gasteiger partial charge on any atom is -0.494 e. The van der Waals surface area contributed by atoms with E-state index in [1.165, 1.54) is 53.5 Å². The number of nitrogens with zero attached hydrogens (tertiary/aromatic N) is 2. The standard InChI is InChI=1S/C35H46N2O2/c1-36(2)24-10-26-38-32-20-16-30(17-21-32)35(31-18-22-33(23-19-31)39-27-11-25-37(3)4)34(29-14-8-9-15-29)28-12-6-5-7-13-28/h5-7,12-13,16-23,29H,8-11,14-15,24-27H2,1-4H3. The molecule has 4 heteroatoms. The van der Waals surface area contributed by atoms with Gasteiger partial charge in [-0.1, -0.05) is 67.4 Å². The van der Waals surface area contributed by atoms with Crippen LogP contribution >= 0.6 is 0 Å². The van der Waals surface area contributed by atoms with Crippen molar-refractivity contribution in [2.45, 2.75) is 38.5 Å². The van der Waals surface area contributed by atoms with E-state index in [1.807, 2.05) is 0 Å². The van der Waals surface area contributed by atoms with Crippen molar-refractivity contribution in [2.24, 2.45) is 5.92 Å². The molecule has 0 radical (unpaired) electrons. The van der Waals surface area contributed by atoms with Crippen LogP contribution in [-0.2, 0) is 0 Å². The molecule has 0 heterocycles. The molecule has 1 aliphatic rings. The van der Waals surface area contributed by atoms with Crippen molar-refractivity contribution in [3.8, 4) is 11.5 Å². The molecule has 208 valence electrons. The van der Waals surface area contributed by atoms with Crippen molar-refractivity contribution in [1.29, 1.82) is 0 Å². The van der Waals surface area contributed by atoms with Crippen molar-refractivity contribution >= 4 is 11.1 Å². The molecular weight excluding hydrogens is 480 g/mol. The van der Waals surface area contributed by atoms with Gasteiger partial charge in [-0.05, 0) is 112 Å². The molecule has 1 fully saturated rings. The van der Waals surface area contributed by atoms with E-state index in [1.54, 1.807) is 0 Å². The molecule has 3 aromatic carbocycles. The second-order valence-electron chi connectivity index (χ2n) is 11.2. The summed E-state index contributed by atoms with van der Waals surface area (Å²) in [5, 5.41) is 0. The maximum absolute atomic E-state index is 6.06. The number of allylic oxidation sites excluding steroid dienone is 1. The second kappa shape index (κ2) is 14.9. The first kappa shape index (κ1) is 28.9. The lowest BCUT2D eigenvalue weighted by Gasteiger charge is -2.23. The Morgan fingerprint density at radius 2 is 1.08 bits per heavy atom. The highest BCUT2D eigenvalue weighted by Crippen LogP contribution is 2.43. The van der Waals surface area contributed by atoms with Crippen LogP contribution in [0.25, 0.3) is 11.1 Å². The molecule has 4 rings (SSSR count). The van der Waals surface area contributed by atoms with Gasteiger partial charge in [0.15, 0.2) is 0 Å². The molecule has 0 atom stereocenters. The molecule has 0 aliphatic heterocycles. The van der Waals surface area contributed by atoms with Crippen LogP contribution in [0.5, 0.6) is 11.5 Å². The molecule has 0 amide bonds. The SMILES string of the molecule is CN(C)CCCOc1ccc(C(=C(c2ccccc2)C2CCCC2)c2ccc(OCCCN(C)C)cc2)cc1. The van der Waals surface area contributed by atoms with Crippen molar-refractivity contribution in [2.75, 3.05) is 54.5 Å². The highest BCUT2D eigenvalue weighted by molar-refractivity contribution is 5.99. The summed E-state index contributed by atoms with van der Waals surface area (Å²) in [6.07, 6.45) is 7.12. The van der Waals surface area contributed by atoms with Gasteiger partial charge in [0.05, 0.1) is 13.2 Å². The van der Waals surface area contributed by atoms with Gasteiger partial charge in [-0.25, -0.2) is 0 Å². The summed E-state index contributed by atoms with van der Waals surface area (Å²) in [5.74, 6) is 2.42. The normalized spacial score (nSPS) is 13.7. The van der Waals surface area contributed by atoms with Crippen LogP contribution in [0.4, 0.5) is 0 Å². The zero-order valence-electron chi connectivity index (χ0n) is 24.4. The van der Waals surface area contributed by atoms with Gasteiger partial charge in [-0.3, -0.25) is 0 Å². The maximum atomic E-state index is 6.06. The van der Waals surface area contributed by atoms with E-state index >= 15 is 0 Å². The van der Waals surface area contributed by atoms with Gasteiger partial charge in [0.1, 0.15) is 11.5 Å². The molecule has 1 saturated carbocycles. The van der Waals surface area contributed by atoms with E-state index in [9.17, 15) is 0 Å². The van der Waals surface area contributed by atoms with Gasteiger partial charge in [0.2, 0.25) is 0 Å². The van der Waals surface area contributed by atoms with Crippen LogP contribution in [0.2, 0.25) is 0 Å². The lowest BCUT2D eigenvalue weighted by atomic mass is 9.82. The lowest BCUT2D eigenvalue weighted by Crippen LogP contribution is -2.15. The van der Waals surface area contributed by atoms with E-state index < -0.39 is 0 Å². The first-order valence-electron chi connectivity index (χ1n) is 14.6. The van der Waals surface area contributed by atoms with Crippen molar-refractivity contribution in [3.63, 3.8) is 0 Å². The Balaban J connectivity index is 1.66. The van der Waals surface area contributed by atoms with Crippen LogP contribution in [0.15, 0.2) is 78.9 Å². The molecular formula is C35H46N2O2. The summed E-state index contributed by atoms with van der Waals surface area (Å²) in [6.45, 7) is 3.52. The van der Waals surface area contributed by atoms with Crippen LogP contribution in [-0.4, -0.2) is 64.3 Å². The first-order chi connectivity index (χ1) is 19.0. The van der Waals surface area contributed by atoms with Gasteiger partial charge < -0.3 is 19.3 Å².